The van der Waals surface area contributed by atoms with Crippen molar-refractivity contribution in [3.63, 3.8) is 0 Å². The molecule has 15 heavy (non-hydrogen) atoms. The van der Waals surface area contributed by atoms with Gasteiger partial charge in [-0.3, -0.25) is 0 Å². The van der Waals surface area contributed by atoms with Crippen molar-refractivity contribution in [3.8, 4) is 0 Å². The Bertz CT molecular complexity index is 285. The Morgan fingerprint density at radius 1 is 1.33 bits per heavy atom. The number of benzene rings is 1. The number of nitrogens with one attached hydrogen (secondary N) is 1. The fourth-order valence-corrected chi connectivity index (χ4v) is 1.63. The molecule has 0 saturated heterocycles. The first-order valence-electron chi connectivity index (χ1n) is 5.12. The Kier molecular flexibility index (Phi) is 5.81. The zero-order chi connectivity index (χ0) is 10.9. The van der Waals surface area contributed by atoms with Crippen molar-refractivity contribution in [1.82, 2.24) is 0 Å². The third kappa shape index (κ3) is 6.09. The molecule has 0 aliphatic carbocycles. The van der Waals surface area contributed by atoms with E-state index in [4.69, 9.17) is 4.74 Å². The highest BCUT2D eigenvalue weighted by atomic mass is 28.2. The molecule has 0 saturated carbocycles. The van der Waals surface area contributed by atoms with Gasteiger partial charge in [-0.15, -0.1) is 0 Å². The Labute approximate surface area is 94.2 Å². The van der Waals surface area contributed by atoms with Gasteiger partial charge in [-0.05, 0) is 26.0 Å². The molecule has 1 rings (SSSR count). The number of rotatable bonds is 6. The first-order valence-corrected chi connectivity index (χ1v) is 6.20. The predicted molar refractivity (Wildman–Crippen MR) is 66.0 cm³/mol. The van der Waals surface area contributed by atoms with E-state index in [1.54, 1.807) is 0 Å². The van der Waals surface area contributed by atoms with Crippen LogP contribution in [0.3, 0.4) is 0 Å². The molecule has 1 aromatic carbocycles. The normalized spacial score (nSPS) is 11.1. The SMILES string of the molecule is CC(C)OCC=C[Si]Nc1ccccc1. The van der Waals surface area contributed by atoms with Gasteiger partial charge in [0.05, 0.1) is 12.7 Å². The molecule has 0 heterocycles. The third-order valence-electron chi connectivity index (χ3n) is 1.72. The summed E-state index contributed by atoms with van der Waals surface area (Å²) in [4.78, 5) is 3.32. The minimum atomic E-state index is 0.306. The van der Waals surface area contributed by atoms with Gasteiger partial charge in [0.1, 0.15) is 0 Å². The highest BCUT2D eigenvalue weighted by Crippen LogP contribution is 2.02. The molecule has 0 bridgehead atoms. The largest absolute Gasteiger partial charge is 0.408 e. The zero-order valence-corrected chi connectivity index (χ0v) is 10.2. The van der Waals surface area contributed by atoms with Crippen LogP contribution >= 0.6 is 0 Å². The second kappa shape index (κ2) is 7.26. The molecule has 0 aliphatic rings. The van der Waals surface area contributed by atoms with E-state index in [1.807, 2.05) is 38.1 Å². The maximum Gasteiger partial charge on any atom is 0.210 e. The highest BCUT2D eigenvalue weighted by molar-refractivity contribution is 6.46. The number of hydrogen-bond donors (Lipinski definition) is 1. The van der Waals surface area contributed by atoms with Gasteiger partial charge in [-0.25, -0.2) is 0 Å². The van der Waals surface area contributed by atoms with Crippen LogP contribution in [0.2, 0.25) is 0 Å². The Morgan fingerprint density at radius 3 is 2.73 bits per heavy atom. The molecule has 0 aliphatic heterocycles. The summed E-state index contributed by atoms with van der Waals surface area (Å²) in [7, 11) is 0.603. The smallest absolute Gasteiger partial charge is 0.210 e. The Hall–Kier alpha value is -1.06. The molecule has 0 unspecified atom stereocenters. The van der Waals surface area contributed by atoms with E-state index in [0.29, 0.717) is 22.4 Å². The van der Waals surface area contributed by atoms with Crippen molar-refractivity contribution in [2.45, 2.75) is 20.0 Å². The van der Waals surface area contributed by atoms with Gasteiger partial charge in [0.25, 0.3) is 0 Å². The van der Waals surface area contributed by atoms with E-state index in [1.165, 1.54) is 0 Å². The summed E-state index contributed by atoms with van der Waals surface area (Å²) in [6, 6.07) is 10.2. The van der Waals surface area contributed by atoms with Gasteiger partial charge in [0.2, 0.25) is 9.68 Å². The van der Waals surface area contributed by atoms with E-state index < -0.39 is 0 Å². The van der Waals surface area contributed by atoms with Gasteiger partial charge in [0, 0.05) is 5.69 Å². The predicted octanol–water partition coefficient (Wildman–Crippen LogP) is 2.66. The van der Waals surface area contributed by atoms with E-state index in [-0.39, 0.29) is 0 Å². The maximum atomic E-state index is 5.38. The van der Waals surface area contributed by atoms with E-state index in [9.17, 15) is 0 Å². The van der Waals surface area contributed by atoms with E-state index in [2.05, 4.69) is 22.8 Å². The van der Waals surface area contributed by atoms with Crippen LogP contribution in [0, 0.1) is 0 Å². The molecule has 2 nitrogen and oxygen atoms in total. The highest BCUT2D eigenvalue weighted by Gasteiger charge is 1.89. The molecule has 0 spiro atoms. The van der Waals surface area contributed by atoms with E-state index in [0.717, 1.165) is 5.69 Å². The number of anilines is 1. The van der Waals surface area contributed by atoms with Crippen LogP contribution in [0.25, 0.3) is 0 Å². The van der Waals surface area contributed by atoms with Gasteiger partial charge in [0.15, 0.2) is 0 Å². The molecular weight excluding hydrogens is 202 g/mol. The summed E-state index contributed by atoms with van der Waals surface area (Å²) >= 11 is 0. The quantitative estimate of drug-likeness (QED) is 0.743. The van der Waals surface area contributed by atoms with E-state index >= 15 is 0 Å². The van der Waals surface area contributed by atoms with Crippen LogP contribution in [0.15, 0.2) is 42.1 Å². The summed E-state index contributed by atoms with van der Waals surface area (Å²) in [5.74, 6) is 0. The van der Waals surface area contributed by atoms with Crippen molar-refractivity contribution >= 4 is 15.4 Å². The molecule has 1 N–H and O–H groups in total. The minimum absolute atomic E-state index is 0.306. The third-order valence-corrected chi connectivity index (χ3v) is 2.55. The van der Waals surface area contributed by atoms with Gasteiger partial charge in [-0.1, -0.05) is 30.0 Å². The maximum absolute atomic E-state index is 5.38. The molecule has 0 atom stereocenters. The van der Waals surface area contributed by atoms with Crippen LogP contribution in [-0.2, 0) is 4.74 Å². The second-order valence-corrected chi connectivity index (χ2v) is 4.29. The lowest BCUT2D eigenvalue weighted by Crippen LogP contribution is -2.05. The van der Waals surface area contributed by atoms with Crippen molar-refractivity contribution in [1.29, 1.82) is 0 Å². The van der Waals surface area contributed by atoms with Crippen molar-refractivity contribution in [2.24, 2.45) is 0 Å². The molecule has 2 radical (unpaired) electrons. The van der Waals surface area contributed by atoms with Crippen LogP contribution in [0.1, 0.15) is 13.8 Å². The first kappa shape index (κ1) is 12.0. The fraction of sp³-hybridized carbons (Fsp3) is 0.333. The summed E-state index contributed by atoms with van der Waals surface area (Å²) in [6.45, 7) is 4.78. The summed E-state index contributed by atoms with van der Waals surface area (Å²) in [6.07, 6.45) is 2.36. The number of hydrogen-bond acceptors (Lipinski definition) is 2. The van der Waals surface area contributed by atoms with Crippen molar-refractivity contribution in [3.05, 3.63) is 42.1 Å². The van der Waals surface area contributed by atoms with Crippen molar-refractivity contribution < 1.29 is 4.74 Å². The standard InChI is InChI=1S/C12H17NOSi/c1-11(2)14-9-6-10-15-13-12-7-4-3-5-8-12/h3-8,10-11,13H,9H2,1-2H3. The summed E-state index contributed by atoms with van der Waals surface area (Å²) < 4.78 is 5.38. The Morgan fingerprint density at radius 2 is 2.07 bits per heavy atom. The average Bonchev–Trinajstić information content (AvgIpc) is 2.24. The Balaban J connectivity index is 2.11. The lowest BCUT2D eigenvalue weighted by Gasteiger charge is -2.03. The zero-order valence-electron chi connectivity index (χ0n) is 9.23. The fourth-order valence-electron chi connectivity index (χ4n) is 1.00. The molecule has 0 fully saturated rings. The van der Waals surface area contributed by atoms with Crippen LogP contribution in [0.4, 0.5) is 5.69 Å². The molecule has 0 aromatic heterocycles. The summed E-state index contributed by atoms with van der Waals surface area (Å²) in [5, 5.41) is 0. The summed E-state index contributed by atoms with van der Waals surface area (Å²) in [5.41, 5.74) is 3.26. The monoisotopic (exact) mass is 219 g/mol. The van der Waals surface area contributed by atoms with Gasteiger partial charge in [-0.2, -0.15) is 0 Å². The van der Waals surface area contributed by atoms with Crippen LogP contribution in [-0.4, -0.2) is 22.4 Å². The molecule has 1 aromatic rings. The minimum Gasteiger partial charge on any atom is -0.408 e. The lowest BCUT2D eigenvalue weighted by atomic mass is 10.3. The topological polar surface area (TPSA) is 21.3 Å². The second-order valence-electron chi connectivity index (χ2n) is 3.42. The number of para-hydroxylation sites is 1. The first-order chi connectivity index (χ1) is 7.29. The molecule has 80 valence electrons. The average molecular weight is 219 g/mol. The van der Waals surface area contributed by atoms with Crippen LogP contribution in [0.5, 0.6) is 0 Å². The lowest BCUT2D eigenvalue weighted by molar-refractivity contribution is 0.103. The molecule has 0 amide bonds. The van der Waals surface area contributed by atoms with Gasteiger partial charge < -0.3 is 9.72 Å². The number of ether oxygens (including phenoxy) is 1. The molecular formula is C12H17NOSi. The van der Waals surface area contributed by atoms with Crippen molar-refractivity contribution in [2.75, 3.05) is 11.6 Å². The molecule has 3 heteroatoms. The van der Waals surface area contributed by atoms with Gasteiger partial charge >= 0.3 is 0 Å². The van der Waals surface area contributed by atoms with Crippen LogP contribution < -0.4 is 4.98 Å².